The van der Waals surface area contributed by atoms with E-state index in [4.69, 9.17) is 9.47 Å². The normalized spacial score (nSPS) is 18.5. The lowest BCUT2D eigenvalue weighted by Crippen LogP contribution is -2.36. The van der Waals surface area contributed by atoms with Gasteiger partial charge in [0.2, 0.25) is 5.91 Å². The van der Waals surface area contributed by atoms with Gasteiger partial charge in [0.1, 0.15) is 11.6 Å². The number of fused-ring (bicyclic) bond motifs is 1. The van der Waals surface area contributed by atoms with E-state index >= 15 is 0 Å². The Balaban J connectivity index is 0.00000231. The number of pyridine rings is 2. The van der Waals surface area contributed by atoms with Gasteiger partial charge in [-0.25, -0.2) is 4.98 Å². The summed E-state index contributed by atoms with van der Waals surface area (Å²) in [5.41, 5.74) is 2.91. The van der Waals surface area contributed by atoms with Crippen molar-refractivity contribution in [3.8, 4) is 16.9 Å². The van der Waals surface area contributed by atoms with Crippen molar-refractivity contribution in [1.82, 2.24) is 15.3 Å². The van der Waals surface area contributed by atoms with Gasteiger partial charge in [0.15, 0.2) is 0 Å². The lowest BCUT2D eigenvalue weighted by atomic mass is 10.0. The van der Waals surface area contributed by atoms with Crippen LogP contribution in [0.25, 0.3) is 22.0 Å². The van der Waals surface area contributed by atoms with Gasteiger partial charge < -0.3 is 19.7 Å². The fourth-order valence-corrected chi connectivity index (χ4v) is 3.96. The standard InChI is InChI=1S/C23H24N4O3.ClH/c28-23-10-16(13-26-23)15-30-21-12-18(11-20-19(21)2-1-5-24-20)17-3-4-22(25-14-17)27-6-8-29-9-7-27;/h1-5,11-12,14,16H,6-10,13,15H2,(H,26,28);1H/t16-;/m1./s1. The average Bonchev–Trinajstić information content (AvgIpc) is 3.23. The van der Waals surface area contributed by atoms with Crippen molar-refractivity contribution in [2.24, 2.45) is 5.92 Å². The molecular weight excluding hydrogens is 416 g/mol. The van der Waals surface area contributed by atoms with Gasteiger partial charge in [0.05, 0.1) is 25.3 Å². The maximum atomic E-state index is 11.5. The minimum absolute atomic E-state index is 0. The molecule has 3 aromatic rings. The number of benzene rings is 1. The van der Waals surface area contributed by atoms with Crippen LogP contribution in [-0.2, 0) is 9.53 Å². The molecule has 8 heteroatoms. The van der Waals surface area contributed by atoms with E-state index in [9.17, 15) is 4.79 Å². The van der Waals surface area contributed by atoms with Crippen LogP contribution in [0, 0.1) is 5.92 Å². The molecule has 0 bridgehead atoms. The number of nitrogens with one attached hydrogen (secondary N) is 1. The van der Waals surface area contributed by atoms with Crippen molar-refractivity contribution in [2.45, 2.75) is 6.42 Å². The molecular formula is C23H25ClN4O3. The summed E-state index contributed by atoms with van der Waals surface area (Å²) in [5, 5.41) is 3.83. The van der Waals surface area contributed by atoms with Crippen molar-refractivity contribution in [2.75, 3.05) is 44.4 Å². The van der Waals surface area contributed by atoms with Gasteiger partial charge in [-0.05, 0) is 42.0 Å². The zero-order valence-corrected chi connectivity index (χ0v) is 17.9. The van der Waals surface area contributed by atoms with Crippen LogP contribution in [-0.4, -0.2) is 55.3 Å². The first kappa shape index (κ1) is 21.3. The maximum absolute atomic E-state index is 11.5. The quantitative estimate of drug-likeness (QED) is 0.657. The molecule has 162 valence electrons. The van der Waals surface area contributed by atoms with Crippen LogP contribution in [0.2, 0.25) is 0 Å². The van der Waals surface area contributed by atoms with Crippen molar-refractivity contribution < 1.29 is 14.3 Å². The molecule has 1 N–H and O–H groups in total. The highest BCUT2D eigenvalue weighted by molar-refractivity contribution is 5.90. The predicted molar refractivity (Wildman–Crippen MR) is 122 cm³/mol. The Morgan fingerprint density at radius 2 is 2.00 bits per heavy atom. The number of ether oxygens (including phenoxy) is 2. The summed E-state index contributed by atoms with van der Waals surface area (Å²) in [6, 6.07) is 12.2. The molecule has 5 rings (SSSR count). The first-order valence-corrected chi connectivity index (χ1v) is 10.3. The van der Waals surface area contributed by atoms with Crippen LogP contribution in [0.5, 0.6) is 5.75 Å². The molecule has 0 spiro atoms. The molecule has 2 aliphatic heterocycles. The van der Waals surface area contributed by atoms with Gasteiger partial charge in [-0.1, -0.05) is 0 Å². The number of carbonyl (C=O) groups excluding carboxylic acids is 1. The highest BCUT2D eigenvalue weighted by atomic mass is 35.5. The highest BCUT2D eigenvalue weighted by Crippen LogP contribution is 2.32. The molecule has 2 aromatic heterocycles. The summed E-state index contributed by atoms with van der Waals surface area (Å²) in [4.78, 5) is 22.9. The Kier molecular flexibility index (Phi) is 6.53. The van der Waals surface area contributed by atoms with Crippen molar-refractivity contribution in [1.29, 1.82) is 0 Å². The summed E-state index contributed by atoms with van der Waals surface area (Å²) in [6.45, 7) is 4.37. The third-order valence-electron chi connectivity index (χ3n) is 5.64. The van der Waals surface area contributed by atoms with Gasteiger partial charge in [-0.15, -0.1) is 12.4 Å². The lowest BCUT2D eigenvalue weighted by molar-refractivity contribution is -0.119. The van der Waals surface area contributed by atoms with Crippen LogP contribution in [0.4, 0.5) is 5.82 Å². The molecule has 0 saturated carbocycles. The second kappa shape index (κ2) is 9.49. The fourth-order valence-electron chi connectivity index (χ4n) is 3.96. The van der Waals surface area contributed by atoms with E-state index < -0.39 is 0 Å². The second-order valence-electron chi connectivity index (χ2n) is 7.73. The van der Waals surface area contributed by atoms with E-state index in [0.29, 0.717) is 19.6 Å². The number of nitrogens with zero attached hydrogens (tertiary/aromatic N) is 3. The van der Waals surface area contributed by atoms with Crippen LogP contribution in [0.3, 0.4) is 0 Å². The number of carbonyl (C=O) groups is 1. The highest BCUT2D eigenvalue weighted by Gasteiger charge is 2.22. The van der Waals surface area contributed by atoms with Crippen molar-refractivity contribution >= 4 is 35.0 Å². The Labute approximate surface area is 187 Å². The molecule has 2 aliphatic rings. The van der Waals surface area contributed by atoms with E-state index in [0.717, 1.165) is 59.9 Å². The average molecular weight is 441 g/mol. The van der Waals surface area contributed by atoms with E-state index in [-0.39, 0.29) is 24.2 Å². The summed E-state index contributed by atoms with van der Waals surface area (Å²) in [7, 11) is 0. The first-order chi connectivity index (χ1) is 14.8. The molecule has 7 nitrogen and oxygen atoms in total. The summed E-state index contributed by atoms with van der Waals surface area (Å²) in [6.07, 6.45) is 4.20. The molecule has 0 aliphatic carbocycles. The summed E-state index contributed by atoms with van der Waals surface area (Å²) in [5.74, 6) is 2.04. The molecule has 0 radical (unpaired) electrons. The summed E-state index contributed by atoms with van der Waals surface area (Å²) >= 11 is 0. The fraction of sp³-hybridized carbons (Fsp3) is 0.348. The second-order valence-corrected chi connectivity index (χ2v) is 7.73. The Bertz CT molecular complexity index is 1050. The number of hydrogen-bond donors (Lipinski definition) is 1. The lowest BCUT2D eigenvalue weighted by Gasteiger charge is -2.27. The molecule has 4 heterocycles. The molecule has 1 aromatic carbocycles. The molecule has 1 amide bonds. The van der Waals surface area contributed by atoms with Crippen LogP contribution in [0.1, 0.15) is 6.42 Å². The Morgan fingerprint density at radius 3 is 2.74 bits per heavy atom. The molecule has 0 unspecified atom stereocenters. The van der Waals surface area contributed by atoms with Gasteiger partial charge >= 0.3 is 0 Å². The minimum atomic E-state index is 0. The zero-order chi connectivity index (χ0) is 20.3. The van der Waals surface area contributed by atoms with Gasteiger partial charge in [-0.3, -0.25) is 9.78 Å². The molecule has 2 fully saturated rings. The van der Waals surface area contributed by atoms with Crippen molar-refractivity contribution in [3.63, 3.8) is 0 Å². The third kappa shape index (κ3) is 4.73. The number of hydrogen-bond acceptors (Lipinski definition) is 6. The maximum Gasteiger partial charge on any atom is 0.220 e. The van der Waals surface area contributed by atoms with Gasteiger partial charge in [-0.2, -0.15) is 0 Å². The largest absolute Gasteiger partial charge is 0.492 e. The Hall–Kier alpha value is -2.90. The van der Waals surface area contributed by atoms with Crippen LogP contribution in [0.15, 0.2) is 48.8 Å². The Morgan fingerprint density at radius 1 is 1.13 bits per heavy atom. The third-order valence-corrected chi connectivity index (χ3v) is 5.64. The molecule has 31 heavy (non-hydrogen) atoms. The van der Waals surface area contributed by atoms with E-state index in [2.05, 4.69) is 38.4 Å². The number of anilines is 1. The summed E-state index contributed by atoms with van der Waals surface area (Å²) < 4.78 is 11.6. The van der Waals surface area contributed by atoms with E-state index in [1.165, 1.54) is 0 Å². The zero-order valence-electron chi connectivity index (χ0n) is 17.1. The monoisotopic (exact) mass is 440 g/mol. The van der Waals surface area contributed by atoms with Gasteiger partial charge in [0.25, 0.3) is 0 Å². The number of aromatic nitrogens is 2. The van der Waals surface area contributed by atoms with Crippen LogP contribution >= 0.6 is 12.4 Å². The number of halogens is 1. The predicted octanol–water partition coefficient (Wildman–Crippen LogP) is 3.07. The topological polar surface area (TPSA) is 76.6 Å². The van der Waals surface area contributed by atoms with E-state index in [1.54, 1.807) is 6.20 Å². The SMILES string of the molecule is Cl.O=C1C[C@@H](COc2cc(-c3ccc(N4CCOCC4)nc3)cc3ncccc23)CN1. The number of amides is 1. The van der Waals surface area contributed by atoms with E-state index in [1.807, 2.05) is 24.4 Å². The van der Waals surface area contributed by atoms with Crippen LogP contribution < -0.4 is 15.0 Å². The minimum Gasteiger partial charge on any atom is -0.492 e. The molecule has 2 saturated heterocycles. The number of rotatable bonds is 5. The first-order valence-electron chi connectivity index (χ1n) is 10.3. The molecule has 1 atom stereocenters. The number of morpholine rings is 1. The van der Waals surface area contributed by atoms with Crippen molar-refractivity contribution in [3.05, 3.63) is 48.8 Å². The smallest absolute Gasteiger partial charge is 0.220 e. The van der Waals surface area contributed by atoms with Gasteiger partial charge in [0, 0.05) is 55.3 Å².